The van der Waals surface area contributed by atoms with Gasteiger partial charge in [-0.2, -0.15) is 0 Å². The molecule has 0 atom stereocenters. The number of aromatic nitrogens is 2. The third-order valence-electron chi connectivity index (χ3n) is 18.8. The molecule has 4 nitrogen and oxygen atoms in total. The van der Waals surface area contributed by atoms with Crippen LogP contribution in [0.1, 0.15) is 108 Å². The van der Waals surface area contributed by atoms with E-state index in [4.69, 9.17) is 9.97 Å². The lowest BCUT2D eigenvalue weighted by molar-refractivity contribution is 0.660. The van der Waals surface area contributed by atoms with Gasteiger partial charge in [0.2, 0.25) is 0 Å². The molecule has 0 bridgehead atoms. The van der Waals surface area contributed by atoms with E-state index in [1.165, 1.54) is 111 Å². The highest BCUT2D eigenvalue weighted by Gasteiger charge is 2.39. The number of anilines is 6. The topological polar surface area (TPSA) is 32.3 Å². The van der Waals surface area contributed by atoms with Crippen LogP contribution < -0.4 is 9.80 Å². The molecule has 0 fully saturated rings. The summed E-state index contributed by atoms with van der Waals surface area (Å²) in [7, 11) is 0. The third-order valence-corrected chi connectivity index (χ3v) is 18.8. The molecule has 0 aliphatic heterocycles. The first-order chi connectivity index (χ1) is 41.2. The number of benzene rings is 10. The zero-order chi connectivity index (χ0) is 57.9. The van der Waals surface area contributed by atoms with Gasteiger partial charge in [0.05, 0.1) is 0 Å². The molecule has 85 heavy (non-hydrogen) atoms. The van der Waals surface area contributed by atoms with E-state index < -0.39 is 0 Å². The van der Waals surface area contributed by atoms with Crippen LogP contribution in [0.2, 0.25) is 0 Å². The molecule has 0 unspecified atom stereocenters. The number of hydrogen-bond acceptors (Lipinski definition) is 4. The van der Waals surface area contributed by atoms with E-state index in [1.54, 1.807) is 0 Å². The maximum absolute atomic E-state index is 5.02. The SMILES string of the molecule is Cc1cccc(N(c2ccc3c(c2)C(C)(C)c2cc(C=Cc4ccc5c(c4)C(C)(C)c4cc(C=Cc6ccc7c(c6)C(C)(C)c6cc(N(c8cccc(C)c8)c8nccc9ccccc89)ccc6-7)ccc4-5)ccc2-3)c2nccc3ccccc23)c1. The van der Waals surface area contributed by atoms with Crippen LogP contribution in [-0.4, -0.2) is 9.97 Å². The van der Waals surface area contributed by atoms with Crippen LogP contribution in [0.5, 0.6) is 0 Å². The lowest BCUT2D eigenvalue weighted by Crippen LogP contribution is -2.17. The predicted molar refractivity (Wildman–Crippen MR) is 359 cm³/mol. The van der Waals surface area contributed by atoms with Gasteiger partial charge in [0, 0.05) is 62.2 Å². The van der Waals surface area contributed by atoms with Gasteiger partial charge < -0.3 is 0 Å². The van der Waals surface area contributed by atoms with Gasteiger partial charge in [-0.3, -0.25) is 9.80 Å². The first-order valence-corrected chi connectivity index (χ1v) is 29.8. The molecule has 10 aromatic carbocycles. The van der Waals surface area contributed by atoms with Crippen molar-refractivity contribution in [3.05, 3.63) is 298 Å². The van der Waals surface area contributed by atoms with Crippen molar-refractivity contribution < 1.29 is 0 Å². The fourth-order valence-corrected chi connectivity index (χ4v) is 14.2. The summed E-state index contributed by atoms with van der Waals surface area (Å²) in [5.41, 5.74) is 26.9. The molecule has 12 aromatic rings. The van der Waals surface area contributed by atoms with Gasteiger partial charge in [-0.25, -0.2) is 9.97 Å². The number of fused-ring (bicyclic) bond motifs is 11. The Morgan fingerprint density at radius 2 is 0.600 bits per heavy atom. The van der Waals surface area contributed by atoms with Crippen molar-refractivity contribution in [2.24, 2.45) is 0 Å². The molecular formula is C81H66N4. The van der Waals surface area contributed by atoms with Crippen molar-refractivity contribution in [3.8, 4) is 33.4 Å². The Hall–Kier alpha value is -9.90. The molecule has 2 aromatic heterocycles. The Kier molecular flexibility index (Phi) is 12.0. The van der Waals surface area contributed by atoms with Crippen molar-refractivity contribution in [1.29, 1.82) is 0 Å². The highest BCUT2D eigenvalue weighted by Crippen LogP contribution is 2.54. The van der Waals surface area contributed by atoms with Gasteiger partial charge in [0.15, 0.2) is 0 Å². The highest BCUT2D eigenvalue weighted by atomic mass is 15.2. The summed E-state index contributed by atoms with van der Waals surface area (Å²) in [4.78, 5) is 14.7. The van der Waals surface area contributed by atoms with Crippen LogP contribution in [0, 0.1) is 13.8 Å². The van der Waals surface area contributed by atoms with Crippen LogP contribution >= 0.6 is 0 Å². The van der Waals surface area contributed by atoms with E-state index in [-0.39, 0.29) is 16.2 Å². The average molecular weight is 1100 g/mol. The molecule has 3 aliphatic carbocycles. The van der Waals surface area contributed by atoms with Gasteiger partial charge in [-0.1, -0.05) is 224 Å². The van der Waals surface area contributed by atoms with Crippen LogP contribution in [0.25, 0.3) is 79.2 Å². The number of hydrogen-bond donors (Lipinski definition) is 0. The van der Waals surface area contributed by atoms with E-state index in [2.05, 4.69) is 308 Å². The Morgan fingerprint density at radius 1 is 0.294 bits per heavy atom. The summed E-state index contributed by atoms with van der Waals surface area (Å²) in [5.74, 6) is 1.86. The van der Waals surface area contributed by atoms with E-state index >= 15 is 0 Å². The summed E-state index contributed by atoms with van der Waals surface area (Å²) in [6.45, 7) is 18.6. The molecule has 0 amide bonds. The Labute approximate surface area is 499 Å². The maximum Gasteiger partial charge on any atom is 0.145 e. The quantitative estimate of drug-likeness (QED) is 0.128. The Bertz CT molecular complexity index is 4490. The second-order valence-corrected chi connectivity index (χ2v) is 25.3. The summed E-state index contributed by atoms with van der Waals surface area (Å²) < 4.78 is 0. The fourth-order valence-electron chi connectivity index (χ4n) is 14.2. The number of nitrogens with zero attached hydrogens (tertiary/aromatic N) is 4. The molecule has 3 aliphatic rings. The van der Waals surface area contributed by atoms with Gasteiger partial charge in [-0.15, -0.1) is 0 Å². The smallest absolute Gasteiger partial charge is 0.145 e. The van der Waals surface area contributed by atoms with Crippen LogP contribution in [0.4, 0.5) is 34.4 Å². The number of rotatable bonds is 10. The van der Waals surface area contributed by atoms with E-state index in [1.807, 2.05) is 12.4 Å². The molecule has 410 valence electrons. The maximum atomic E-state index is 5.02. The standard InChI is InChI=1S/C81H66N4/c1-51-15-13-19-59(43-51)84(77-63-21-11-9-17-57(63)39-41-82-77)61-31-37-69-67-35-29-55(47-73(67)80(5,6)75(69)49-61)25-23-53-27-33-65-66-34-28-54(46-72(66)79(3,4)71(65)45-53)24-26-56-30-36-68-70-38-32-62(50-76(70)81(7,8)74(68)48-56)85(60-20-14-16-52(2)44-60)78-64-22-12-10-18-58(64)40-42-83-78/h9-50H,1-8H3. The molecule has 0 saturated carbocycles. The zero-order valence-electron chi connectivity index (χ0n) is 49.5. The minimum Gasteiger partial charge on any atom is -0.295 e. The first kappa shape index (κ1) is 51.9. The van der Waals surface area contributed by atoms with E-state index in [0.29, 0.717) is 0 Å². The first-order valence-electron chi connectivity index (χ1n) is 29.8. The minimum atomic E-state index is -0.216. The molecule has 15 rings (SSSR count). The largest absolute Gasteiger partial charge is 0.295 e. The average Bonchev–Trinajstić information content (AvgIpc) is 1.73. The Balaban J connectivity index is 0.673. The van der Waals surface area contributed by atoms with Crippen molar-refractivity contribution in [2.75, 3.05) is 9.80 Å². The molecule has 0 radical (unpaired) electrons. The molecular weight excluding hydrogens is 1030 g/mol. The van der Waals surface area contributed by atoms with Gasteiger partial charge >= 0.3 is 0 Å². The lowest BCUT2D eigenvalue weighted by atomic mass is 9.81. The summed E-state index contributed by atoms with van der Waals surface area (Å²) >= 11 is 0. The normalized spacial score (nSPS) is 14.5. The Morgan fingerprint density at radius 3 is 0.941 bits per heavy atom. The van der Waals surface area contributed by atoms with Crippen molar-refractivity contribution in [1.82, 2.24) is 9.97 Å². The molecule has 4 heteroatoms. The molecule has 0 saturated heterocycles. The monoisotopic (exact) mass is 1090 g/mol. The summed E-state index contributed by atoms with van der Waals surface area (Å²) in [6.07, 6.45) is 13.0. The highest BCUT2D eigenvalue weighted by molar-refractivity contribution is 5.99. The van der Waals surface area contributed by atoms with Crippen molar-refractivity contribution in [2.45, 2.75) is 71.6 Å². The second kappa shape index (κ2) is 19.6. The summed E-state index contributed by atoms with van der Waals surface area (Å²) in [6, 6.07) is 80.8. The van der Waals surface area contributed by atoms with Crippen molar-refractivity contribution in [3.63, 3.8) is 0 Å². The van der Waals surface area contributed by atoms with Crippen LogP contribution in [0.15, 0.2) is 231 Å². The van der Waals surface area contributed by atoms with Gasteiger partial charge in [0.25, 0.3) is 0 Å². The van der Waals surface area contributed by atoms with E-state index in [0.717, 1.165) is 45.2 Å². The minimum absolute atomic E-state index is 0.167. The summed E-state index contributed by atoms with van der Waals surface area (Å²) in [5, 5.41) is 4.59. The van der Waals surface area contributed by atoms with E-state index in [9.17, 15) is 0 Å². The molecule has 0 spiro atoms. The van der Waals surface area contributed by atoms with Crippen LogP contribution in [0.3, 0.4) is 0 Å². The third kappa shape index (κ3) is 8.56. The van der Waals surface area contributed by atoms with Crippen molar-refractivity contribution >= 4 is 80.2 Å². The zero-order valence-corrected chi connectivity index (χ0v) is 49.5. The second-order valence-electron chi connectivity index (χ2n) is 25.3. The fraction of sp³-hybridized carbons (Fsp3) is 0.136. The molecule has 0 N–H and O–H groups in total. The number of aryl methyl sites for hydroxylation is 2. The van der Waals surface area contributed by atoms with Gasteiger partial charge in [0.1, 0.15) is 11.6 Å². The lowest BCUT2D eigenvalue weighted by Gasteiger charge is -2.28. The molecule has 2 heterocycles. The predicted octanol–water partition coefficient (Wildman–Crippen LogP) is 21.6. The van der Waals surface area contributed by atoms with Crippen LogP contribution in [-0.2, 0) is 16.2 Å². The van der Waals surface area contributed by atoms with Gasteiger partial charge in [-0.05, 0) is 185 Å². The number of pyridine rings is 2.